The third-order valence-corrected chi connectivity index (χ3v) is 3.71. The fourth-order valence-electron chi connectivity index (χ4n) is 1.82. The van der Waals surface area contributed by atoms with Crippen molar-refractivity contribution in [2.24, 2.45) is 0 Å². The fourth-order valence-corrected chi connectivity index (χ4v) is 2.12. The smallest absolute Gasteiger partial charge is 0.203 e. The molecular weight excluding hydrogens is 321 g/mol. The van der Waals surface area contributed by atoms with Crippen molar-refractivity contribution >= 4 is 35.1 Å². The molecule has 0 saturated carbocycles. The summed E-state index contributed by atoms with van der Waals surface area (Å²) in [6, 6.07) is 13.4. The molecule has 0 radical (unpaired) electrons. The number of halogens is 2. The van der Waals surface area contributed by atoms with Gasteiger partial charge in [0.05, 0.1) is 17.2 Å². The number of benzene rings is 2. The molecule has 0 aliphatic rings. The minimum atomic E-state index is -0.365. The molecule has 0 saturated heterocycles. The van der Waals surface area contributed by atoms with E-state index in [1.165, 1.54) is 6.08 Å². The highest BCUT2D eigenvalue weighted by Gasteiger charge is 2.12. The standard InChI is InChI=1S/C17H11Cl2NO2/c1-22-14-5-3-12(4-6-14)17(21)13(10-20)8-11-2-7-15(18)16(19)9-11/h2-9H,1H3/b13-8+. The summed E-state index contributed by atoms with van der Waals surface area (Å²) in [4.78, 5) is 12.3. The summed E-state index contributed by atoms with van der Waals surface area (Å²) >= 11 is 11.8. The molecule has 110 valence electrons. The third kappa shape index (κ3) is 3.67. The molecular formula is C17H11Cl2NO2. The Hall–Kier alpha value is -2.28. The molecule has 0 aliphatic heterocycles. The molecule has 2 rings (SSSR count). The van der Waals surface area contributed by atoms with E-state index < -0.39 is 0 Å². The van der Waals surface area contributed by atoms with E-state index in [4.69, 9.17) is 27.9 Å². The average Bonchev–Trinajstić information content (AvgIpc) is 2.55. The van der Waals surface area contributed by atoms with Crippen molar-refractivity contribution in [3.63, 3.8) is 0 Å². The molecule has 0 fully saturated rings. The Morgan fingerprint density at radius 2 is 1.82 bits per heavy atom. The third-order valence-electron chi connectivity index (χ3n) is 2.97. The molecule has 2 aromatic carbocycles. The van der Waals surface area contributed by atoms with Gasteiger partial charge in [0, 0.05) is 5.56 Å². The van der Waals surface area contributed by atoms with E-state index in [2.05, 4.69) is 0 Å². The number of carbonyl (C=O) groups is 1. The van der Waals surface area contributed by atoms with Gasteiger partial charge in [0.2, 0.25) is 5.78 Å². The van der Waals surface area contributed by atoms with Gasteiger partial charge in [-0.05, 0) is 48.0 Å². The zero-order valence-electron chi connectivity index (χ0n) is 11.6. The van der Waals surface area contributed by atoms with Crippen LogP contribution in [0.15, 0.2) is 48.0 Å². The lowest BCUT2D eigenvalue weighted by atomic mass is 10.0. The number of Topliss-reactive ketones (excluding diaryl/α,β-unsaturated/α-hetero) is 1. The van der Waals surface area contributed by atoms with Crippen LogP contribution < -0.4 is 4.74 Å². The van der Waals surface area contributed by atoms with Gasteiger partial charge in [-0.25, -0.2) is 0 Å². The molecule has 5 heteroatoms. The van der Waals surface area contributed by atoms with Crippen LogP contribution in [-0.4, -0.2) is 12.9 Å². The number of rotatable bonds is 4. The van der Waals surface area contributed by atoms with Crippen LogP contribution in [0.25, 0.3) is 6.08 Å². The predicted molar refractivity (Wildman–Crippen MR) is 87.4 cm³/mol. The quantitative estimate of drug-likeness (QED) is 0.459. The van der Waals surface area contributed by atoms with E-state index >= 15 is 0 Å². The lowest BCUT2D eigenvalue weighted by molar-refractivity contribution is 0.104. The van der Waals surface area contributed by atoms with E-state index in [0.717, 1.165) is 0 Å². The molecule has 0 heterocycles. The molecule has 3 nitrogen and oxygen atoms in total. The summed E-state index contributed by atoms with van der Waals surface area (Å²) in [5.74, 6) is 0.278. The molecule has 2 aromatic rings. The van der Waals surface area contributed by atoms with Crippen LogP contribution in [0, 0.1) is 11.3 Å². The van der Waals surface area contributed by atoms with Gasteiger partial charge in [-0.1, -0.05) is 29.3 Å². The van der Waals surface area contributed by atoms with Crippen LogP contribution >= 0.6 is 23.2 Å². The summed E-state index contributed by atoms with van der Waals surface area (Å²) in [7, 11) is 1.54. The number of nitriles is 1. The van der Waals surface area contributed by atoms with Crippen LogP contribution in [0.1, 0.15) is 15.9 Å². The molecule has 0 unspecified atom stereocenters. The maximum absolute atomic E-state index is 12.3. The topological polar surface area (TPSA) is 50.1 Å². The summed E-state index contributed by atoms with van der Waals surface area (Å²) in [5.41, 5.74) is 1.06. The Labute approximate surface area is 138 Å². The van der Waals surface area contributed by atoms with Gasteiger partial charge >= 0.3 is 0 Å². The molecule has 0 aromatic heterocycles. The van der Waals surface area contributed by atoms with Gasteiger partial charge < -0.3 is 4.74 Å². The Morgan fingerprint density at radius 1 is 1.14 bits per heavy atom. The minimum Gasteiger partial charge on any atom is -0.497 e. The average molecular weight is 332 g/mol. The van der Waals surface area contributed by atoms with Gasteiger partial charge in [0.25, 0.3) is 0 Å². The molecule has 0 N–H and O–H groups in total. The monoisotopic (exact) mass is 331 g/mol. The fraction of sp³-hybridized carbons (Fsp3) is 0.0588. The van der Waals surface area contributed by atoms with Crippen molar-refractivity contribution in [3.05, 3.63) is 69.2 Å². The molecule has 0 aliphatic carbocycles. The highest BCUT2D eigenvalue weighted by atomic mass is 35.5. The second-order valence-electron chi connectivity index (χ2n) is 4.40. The van der Waals surface area contributed by atoms with Crippen molar-refractivity contribution in [1.82, 2.24) is 0 Å². The van der Waals surface area contributed by atoms with Crippen molar-refractivity contribution in [1.29, 1.82) is 5.26 Å². The molecule has 22 heavy (non-hydrogen) atoms. The molecule has 0 bridgehead atoms. The van der Waals surface area contributed by atoms with E-state index in [9.17, 15) is 10.1 Å². The summed E-state index contributed by atoms with van der Waals surface area (Å²) in [5, 5.41) is 10.0. The highest BCUT2D eigenvalue weighted by molar-refractivity contribution is 6.42. The second-order valence-corrected chi connectivity index (χ2v) is 5.22. The maximum Gasteiger partial charge on any atom is 0.203 e. The first-order chi connectivity index (χ1) is 10.5. The van der Waals surface area contributed by atoms with Gasteiger partial charge in [0.1, 0.15) is 17.4 Å². The van der Waals surface area contributed by atoms with Gasteiger partial charge in [-0.15, -0.1) is 0 Å². The number of ketones is 1. The minimum absolute atomic E-state index is 0.0172. The number of methoxy groups -OCH3 is 1. The molecule has 0 atom stereocenters. The first-order valence-corrected chi connectivity index (χ1v) is 7.06. The van der Waals surface area contributed by atoms with Crippen LogP contribution in [0.3, 0.4) is 0 Å². The van der Waals surface area contributed by atoms with Crippen LogP contribution in [-0.2, 0) is 0 Å². The van der Waals surface area contributed by atoms with Gasteiger partial charge in [-0.2, -0.15) is 5.26 Å². The first kappa shape index (κ1) is 16.1. The Kier molecular flexibility index (Phi) is 5.21. The van der Waals surface area contributed by atoms with E-state index in [0.29, 0.717) is 26.9 Å². The predicted octanol–water partition coefficient (Wildman–Crippen LogP) is 4.79. The lowest BCUT2D eigenvalue weighted by Crippen LogP contribution is -2.01. The SMILES string of the molecule is COc1ccc(C(=O)/C(C#N)=C/c2ccc(Cl)c(Cl)c2)cc1. The van der Waals surface area contributed by atoms with Crippen molar-refractivity contribution in [2.75, 3.05) is 7.11 Å². The van der Waals surface area contributed by atoms with Crippen molar-refractivity contribution in [2.45, 2.75) is 0 Å². The highest BCUT2D eigenvalue weighted by Crippen LogP contribution is 2.24. The van der Waals surface area contributed by atoms with E-state index in [1.807, 2.05) is 6.07 Å². The second kappa shape index (κ2) is 7.13. The van der Waals surface area contributed by atoms with Crippen molar-refractivity contribution in [3.8, 4) is 11.8 Å². The van der Waals surface area contributed by atoms with E-state index in [-0.39, 0.29) is 11.4 Å². The van der Waals surface area contributed by atoms with Crippen molar-refractivity contribution < 1.29 is 9.53 Å². The number of allylic oxidation sites excluding steroid dienone is 1. The van der Waals surface area contributed by atoms with Gasteiger partial charge in [0.15, 0.2) is 0 Å². The summed E-state index contributed by atoms with van der Waals surface area (Å²) in [6.45, 7) is 0. The number of hydrogen-bond acceptors (Lipinski definition) is 3. The molecule has 0 amide bonds. The Bertz CT molecular complexity index is 774. The van der Waals surface area contributed by atoms with E-state index in [1.54, 1.807) is 49.6 Å². The molecule has 0 spiro atoms. The normalized spacial score (nSPS) is 10.9. The zero-order valence-corrected chi connectivity index (χ0v) is 13.2. The number of hydrogen-bond donors (Lipinski definition) is 0. The summed E-state index contributed by atoms with van der Waals surface area (Å²) < 4.78 is 5.04. The maximum atomic E-state index is 12.3. The van der Waals surface area contributed by atoms with Gasteiger partial charge in [-0.3, -0.25) is 4.79 Å². The van der Waals surface area contributed by atoms with Crippen LogP contribution in [0.5, 0.6) is 5.75 Å². The Morgan fingerprint density at radius 3 is 2.36 bits per heavy atom. The first-order valence-electron chi connectivity index (χ1n) is 6.30. The lowest BCUT2D eigenvalue weighted by Gasteiger charge is -2.03. The zero-order chi connectivity index (χ0) is 16.1. The number of carbonyl (C=O) groups excluding carboxylic acids is 1. The van der Waals surface area contributed by atoms with Crippen LogP contribution in [0.2, 0.25) is 10.0 Å². The largest absolute Gasteiger partial charge is 0.497 e. The number of nitrogens with zero attached hydrogens (tertiary/aromatic N) is 1. The summed E-state index contributed by atoms with van der Waals surface area (Å²) in [6.07, 6.45) is 1.48. The Balaban J connectivity index is 2.33. The number of ether oxygens (including phenoxy) is 1. The van der Waals surface area contributed by atoms with Crippen LogP contribution in [0.4, 0.5) is 0 Å².